The Morgan fingerprint density at radius 3 is 2.59 bits per heavy atom. The molecule has 0 unspecified atom stereocenters. The van der Waals surface area contributed by atoms with Gasteiger partial charge in [0.25, 0.3) is 0 Å². The topological polar surface area (TPSA) is 55.1 Å². The van der Waals surface area contributed by atoms with Crippen LogP contribution in [0.15, 0.2) is 30.3 Å². The Kier molecular flexibility index (Phi) is 4.48. The van der Waals surface area contributed by atoms with Crippen molar-refractivity contribution in [1.29, 1.82) is 0 Å². The molecule has 22 heavy (non-hydrogen) atoms. The number of hydrogen-bond donors (Lipinski definition) is 2. The molecular formula is C18H25FN2O. The number of halogens is 1. The zero-order valence-electron chi connectivity index (χ0n) is 12.9. The van der Waals surface area contributed by atoms with E-state index in [-0.39, 0.29) is 11.8 Å². The summed E-state index contributed by atoms with van der Waals surface area (Å²) in [5, 5.41) is 3.40. The molecule has 2 aliphatic rings. The van der Waals surface area contributed by atoms with Crippen LogP contribution in [0.2, 0.25) is 0 Å². The van der Waals surface area contributed by atoms with Crippen LogP contribution >= 0.6 is 0 Å². The SMILES string of the molecule is NC(=O)CC1CCC(F)(CN[C@@H]2C[C@H]2c2ccccc2)CC1. The minimum atomic E-state index is -1.11. The van der Waals surface area contributed by atoms with Gasteiger partial charge < -0.3 is 11.1 Å². The van der Waals surface area contributed by atoms with Gasteiger partial charge in [0.05, 0.1) is 0 Å². The van der Waals surface area contributed by atoms with Crippen molar-refractivity contribution in [3.63, 3.8) is 0 Å². The number of benzene rings is 1. The molecule has 3 nitrogen and oxygen atoms in total. The predicted octanol–water partition coefficient (Wildman–Crippen LogP) is 2.91. The van der Waals surface area contributed by atoms with E-state index in [1.165, 1.54) is 5.56 Å². The monoisotopic (exact) mass is 304 g/mol. The van der Waals surface area contributed by atoms with Crippen LogP contribution in [0.25, 0.3) is 0 Å². The number of hydrogen-bond acceptors (Lipinski definition) is 2. The van der Waals surface area contributed by atoms with Crippen molar-refractivity contribution >= 4 is 5.91 Å². The van der Waals surface area contributed by atoms with E-state index in [1.54, 1.807) is 0 Å². The summed E-state index contributed by atoms with van der Waals surface area (Å²) < 4.78 is 14.8. The van der Waals surface area contributed by atoms with Crippen molar-refractivity contribution in [1.82, 2.24) is 5.32 Å². The van der Waals surface area contributed by atoms with E-state index in [0.717, 1.165) is 19.3 Å². The van der Waals surface area contributed by atoms with Crippen LogP contribution in [0.3, 0.4) is 0 Å². The number of amides is 1. The summed E-state index contributed by atoms with van der Waals surface area (Å²) in [6.07, 6.45) is 4.13. The van der Waals surface area contributed by atoms with Gasteiger partial charge in [0.15, 0.2) is 0 Å². The minimum Gasteiger partial charge on any atom is -0.370 e. The van der Waals surface area contributed by atoms with Gasteiger partial charge in [-0.05, 0) is 43.6 Å². The van der Waals surface area contributed by atoms with Crippen LogP contribution in [-0.2, 0) is 4.79 Å². The van der Waals surface area contributed by atoms with Gasteiger partial charge >= 0.3 is 0 Å². The van der Waals surface area contributed by atoms with Gasteiger partial charge in [-0.15, -0.1) is 0 Å². The summed E-state index contributed by atoms with van der Waals surface area (Å²) in [6, 6.07) is 10.8. The lowest BCUT2D eigenvalue weighted by Gasteiger charge is -2.34. The highest BCUT2D eigenvalue weighted by molar-refractivity contribution is 5.73. The van der Waals surface area contributed by atoms with Crippen LogP contribution in [-0.4, -0.2) is 24.2 Å². The van der Waals surface area contributed by atoms with Gasteiger partial charge in [0, 0.05) is 24.9 Å². The van der Waals surface area contributed by atoms with Crippen LogP contribution in [0.4, 0.5) is 4.39 Å². The zero-order chi connectivity index (χ0) is 15.6. The van der Waals surface area contributed by atoms with E-state index in [9.17, 15) is 9.18 Å². The summed E-state index contributed by atoms with van der Waals surface area (Å²) in [6.45, 7) is 0.435. The maximum atomic E-state index is 14.8. The molecule has 2 atom stereocenters. The molecule has 1 aromatic rings. The first-order chi connectivity index (χ1) is 10.6. The zero-order valence-corrected chi connectivity index (χ0v) is 12.9. The van der Waals surface area contributed by atoms with Gasteiger partial charge in [-0.1, -0.05) is 30.3 Å². The first-order valence-corrected chi connectivity index (χ1v) is 8.31. The van der Waals surface area contributed by atoms with Gasteiger partial charge in [-0.25, -0.2) is 4.39 Å². The Labute approximate surface area is 131 Å². The largest absolute Gasteiger partial charge is 0.370 e. The Bertz CT molecular complexity index is 511. The molecule has 2 saturated carbocycles. The summed E-state index contributed by atoms with van der Waals surface area (Å²) in [5.41, 5.74) is 5.46. The smallest absolute Gasteiger partial charge is 0.217 e. The number of primary amides is 1. The highest BCUT2D eigenvalue weighted by atomic mass is 19.1. The highest BCUT2D eigenvalue weighted by Crippen LogP contribution is 2.42. The van der Waals surface area contributed by atoms with E-state index in [1.807, 2.05) is 6.07 Å². The van der Waals surface area contributed by atoms with Crippen LogP contribution in [0.5, 0.6) is 0 Å². The first-order valence-electron chi connectivity index (χ1n) is 8.31. The number of rotatable bonds is 6. The molecule has 3 rings (SSSR count). The van der Waals surface area contributed by atoms with Crippen molar-refractivity contribution < 1.29 is 9.18 Å². The summed E-state index contributed by atoms with van der Waals surface area (Å²) in [5.74, 6) is 0.550. The van der Waals surface area contributed by atoms with E-state index >= 15 is 0 Å². The lowest BCUT2D eigenvalue weighted by atomic mass is 9.78. The molecule has 0 aromatic heterocycles. The van der Waals surface area contributed by atoms with E-state index < -0.39 is 5.67 Å². The molecule has 0 aliphatic heterocycles. The van der Waals surface area contributed by atoms with Crippen molar-refractivity contribution in [2.45, 2.75) is 56.2 Å². The fourth-order valence-electron chi connectivity index (χ4n) is 3.66. The normalized spacial score (nSPS) is 34.3. The standard InChI is InChI=1S/C18H25FN2O/c19-18(8-6-13(7-9-18)10-17(20)22)12-21-16-11-15(16)14-4-2-1-3-5-14/h1-5,13,15-16,21H,6-12H2,(H2,20,22)/t13?,15-,16+,18?/m0/s1. The predicted molar refractivity (Wildman–Crippen MR) is 85.2 cm³/mol. The summed E-state index contributed by atoms with van der Waals surface area (Å²) >= 11 is 0. The Hall–Kier alpha value is -1.42. The quantitative estimate of drug-likeness (QED) is 0.849. The highest BCUT2D eigenvalue weighted by Gasteiger charge is 2.41. The van der Waals surface area contributed by atoms with Gasteiger partial charge in [0.1, 0.15) is 5.67 Å². The average molecular weight is 304 g/mol. The molecular weight excluding hydrogens is 279 g/mol. The number of carbonyl (C=O) groups excluding carboxylic acids is 1. The second-order valence-corrected chi connectivity index (χ2v) is 7.00. The molecule has 4 heteroatoms. The first kappa shape index (κ1) is 15.5. The van der Waals surface area contributed by atoms with E-state index in [2.05, 4.69) is 29.6 Å². The molecule has 2 fully saturated rings. The molecule has 120 valence electrons. The van der Waals surface area contributed by atoms with Crippen LogP contribution in [0, 0.1) is 5.92 Å². The van der Waals surface area contributed by atoms with Gasteiger partial charge in [-0.3, -0.25) is 4.79 Å². The number of alkyl halides is 1. The molecule has 0 bridgehead atoms. The van der Waals surface area contributed by atoms with Gasteiger partial charge in [0.2, 0.25) is 5.91 Å². The lowest BCUT2D eigenvalue weighted by Crippen LogP contribution is -2.41. The fourth-order valence-corrected chi connectivity index (χ4v) is 3.66. The maximum Gasteiger partial charge on any atom is 0.217 e. The minimum absolute atomic E-state index is 0.266. The number of carbonyl (C=O) groups is 1. The van der Waals surface area contributed by atoms with Crippen molar-refractivity contribution in [2.75, 3.05) is 6.54 Å². The average Bonchev–Trinajstić information content (AvgIpc) is 3.28. The Morgan fingerprint density at radius 1 is 1.27 bits per heavy atom. The lowest BCUT2D eigenvalue weighted by molar-refractivity contribution is -0.119. The number of nitrogens with one attached hydrogen (secondary N) is 1. The maximum absolute atomic E-state index is 14.8. The third-order valence-corrected chi connectivity index (χ3v) is 5.19. The van der Waals surface area contributed by atoms with Crippen molar-refractivity contribution in [3.05, 3.63) is 35.9 Å². The molecule has 1 aromatic carbocycles. The van der Waals surface area contributed by atoms with Crippen molar-refractivity contribution in [3.8, 4) is 0 Å². The third-order valence-electron chi connectivity index (χ3n) is 5.19. The second-order valence-electron chi connectivity index (χ2n) is 7.00. The van der Waals surface area contributed by atoms with Crippen LogP contribution in [0.1, 0.15) is 50.0 Å². The number of nitrogens with two attached hydrogens (primary N) is 1. The summed E-state index contributed by atoms with van der Waals surface area (Å²) in [7, 11) is 0. The third kappa shape index (κ3) is 3.86. The molecule has 2 aliphatic carbocycles. The van der Waals surface area contributed by atoms with E-state index in [4.69, 9.17) is 5.73 Å². The molecule has 0 spiro atoms. The fraction of sp³-hybridized carbons (Fsp3) is 0.611. The molecule has 1 amide bonds. The Balaban J connectivity index is 1.42. The molecule has 3 N–H and O–H groups in total. The second kappa shape index (κ2) is 6.37. The van der Waals surface area contributed by atoms with Crippen LogP contribution < -0.4 is 11.1 Å². The van der Waals surface area contributed by atoms with Gasteiger partial charge in [-0.2, -0.15) is 0 Å². The van der Waals surface area contributed by atoms with Crippen molar-refractivity contribution in [2.24, 2.45) is 11.7 Å². The molecule has 0 radical (unpaired) electrons. The molecule has 0 heterocycles. The summed E-state index contributed by atoms with van der Waals surface area (Å²) in [4.78, 5) is 10.9. The Morgan fingerprint density at radius 2 is 1.95 bits per heavy atom. The molecule has 0 saturated heterocycles. The van der Waals surface area contributed by atoms with E-state index in [0.29, 0.717) is 37.8 Å².